The molecule has 0 saturated carbocycles. The van der Waals surface area contributed by atoms with Crippen molar-refractivity contribution >= 4 is 35.3 Å². The highest BCUT2D eigenvalue weighted by atomic mass is 35.5. The quantitative estimate of drug-likeness (QED) is 0.312. The van der Waals surface area contributed by atoms with Crippen molar-refractivity contribution in [1.82, 2.24) is 14.5 Å². The smallest absolute Gasteiger partial charge is 0.336 e. The van der Waals surface area contributed by atoms with Crippen molar-refractivity contribution < 1.29 is 19.1 Å². The van der Waals surface area contributed by atoms with Crippen LogP contribution in [0.15, 0.2) is 83.7 Å². The van der Waals surface area contributed by atoms with Crippen LogP contribution in [0.1, 0.15) is 36.5 Å². The molecule has 3 aromatic rings. The van der Waals surface area contributed by atoms with Crippen LogP contribution in [0.2, 0.25) is 5.15 Å². The summed E-state index contributed by atoms with van der Waals surface area (Å²) in [6.07, 6.45) is 10.6. The van der Waals surface area contributed by atoms with E-state index >= 15 is 0 Å². The van der Waals surface area contributed by atoms with Gasteiger partial charge in [-0.3, -0.25) is 9.79 Å². The molecular formula is C28H27ClN4O4. The van der Waals surface area contributed by atoms with Crippen molar-refractivity contribution in [3.05, 3.63) is 101 Å². The first kappa shape index (κ1) is 26.0. The van der Waals surface area contributed by atoms with Crippen molar-refractivity contribution in [3.8, 4) is 0 Å². The first-order valence-corrected chi connectivity index (χ1v) is 12.1. The number of esters is 2. The zero-order valence-corrected chi connectivity index (χ0v) is 21.6. The minimum atomic E-state index is -0.825. The molecule has 0 N–H and O–H groups in total. The van der Waals surface area contributed by atoms with Gasteiger partial charge in [0.25, 0.3) is 0 Å². The van der Waals surface area contributed by atoms with E-state index in [9.17, 15) is 9.59 Å². The van der Waals surface area contributed by atoms with E-state index in [1.165, 1.54) is 7.11 Å². The Labute approximate surface area is 220 Å². The normalized spacial score (nSPS) is 17.6. The molecule has 2 unspecified atom stereocenters. The number of aromatic nitrogens is 3. The number of rotatable bonds is 8. The average Bonchev–Trinajstić information content (AvgIpc) is 3.40. The number of ether oxygens (including phenoxy) is 2. The van der Waals surface area contributed by atoms with Gasteiger partial charge in [0, 0.05) is 42.5 Å². The van der Waals surface area contributed by atoms with Gasteiger partial charge in [0.2, 0.25) is 0 Å². The van der Waals surface area contributed by atoms with Crippen LogP contribution in [-0.4, -0.2) is 45.9 Å². The summed E-state index contributed by atoms with van der Waals surface area (Å²) in [4.78, 5) is 38.6. The van der Waals surface area contributed by atoms with E-state index in [2.05, 4.69) is 15.0 Å². The second-order valence-corrected chi connectivity index (χ2v) is 8.95. The number of carbonyl (C=O) groups is 2. The molecule has 1 aliphatic rings. The Morgan fingerprint density at radius 3 is 2.59 bits per heavy atom. The highest BCUT2D eigenvalue weighted by Crippen LogP contribution is 2.41. The average molecular weight is 519 g/mol. The van der Waals surface area contributed by atoms with Crippen molar-refractivity contribution in [2.75, 3.05) is 13.7 Å². The number of hydrogen-bond acceptors (Lipinski definition) is 7. The standard InChI is InChI=1S/C28H27ClN4O4/c1-18-23(27(34)36-3)25(22-7-4-12-31-26(22)29)24(19(2)32-18)28(35)37-15-5-6-20-8-10-21(11-9-20)16-33-14-13-30-17-33/h4-14,17,23,25H,15-16H2,1-3H3. The molecule has 1 aliphatic heterocycles. The molecule has 8 nitrogen and oxygen atoms in total. The lowest BCUT2D eigenvalue weighted by atomic mass is 9.76. The molecule has 0 fully saturated rings. The fourth-order valence-corrected chi connectivity index (χ4v) is 4.65. The number of pyridine rings is 1. The minimum Gasteiger partial charge on any atom is -0.468 e. The van der Waals surface area contributed by atoms with Crippen LogP contribution in [0.5, 0.6) is 0 Å². The number of halogens is 1. The van der Waals surface area contributed by atoms with E-state index in [4.69, 9.17) is 21.1 Å². The van der Waals surface area contributed by atoms with Crippen LogP contribution in [-0.2, 0) is 25.6 Å². The second-order valence-electron chi connectivity index (χ2n) is 8.59. The van der Waals surface area contributed by atoms with Crippen molar-refractivity contribution in [2.24, 2.45) is 10.9 Å². The molecule has 190 valence electrons. The molecule has 2 atom stereocenters. The first-order valence-electron chi connectivity index (χ1n) is 11.7. The maximum Gasteiger partial charge on any atom is 0.336 e. The second kappa shape index (κ2) is 11.8. The van der Waals surface area contributed by atoms with E-state index in [-0.39, 0.29) is 17.3 Å². The Morgan fingerprint density at radius 2 is 1.92 bits per heavy atom. The molecule has 0 bridgehead atoms. The number of allylic oxidation sites excluding steroid dienone is 1. The van der Waals surface area contributed by atoms with Gasteiger partial charge < -0.3 is 14.0 Å². The molecule has 37 heavy (non-hydrogen) atoms. The van der Waals surface area contributed by atoms with Gasteiger partial charge in [0.15, 0.2) is 0 Å². The number of carbonyl (C=O) groups excluding carboxylic acids is 2. The topological polar surface area (TPSA) is 95.7 Å². The van der Waals surface area contributed by atoms with E-state index in [0.29, 0.717) is 17.0 Å². The van der Waals surface area contributed by atoms with Crippen LogP contribution in [0.3, 0.4) is 0 Å². The Bertz CT molecular complexity index is 1360. The van der Waals surface area contributed by atoms with Gasteiger partial charge in [-0.25, -0.2) is 14.8 Å². The molecule has 2 aromatic heterocycles. The summed E-state index contributed by atoms with van der Waals surface area (Å²) in [5, 5.41) is 0.200. The maximum absolute atomic E-state index is 13.3. The van der Waals surface area contributed by atoms with Gasteiger partial charge in [-0.15, -0.1) is 0 Å². The number of methoxy groups -OCH3 is 1. The van der Waals surface area contributed by atoms with Gasteiger partial charge in [0.1, 0.15) is 17.7 Å². The van der Waals surface area contributed by atoms with E-state index in [1.807, 2.05) is 41.1 Å². The SMILES string of the molecule is COC(=O)C1C(C)=NC(C)=C(C(=O)OCC=Cc2ccc(Cn3ccnc3)cc2)C1c1cccnc1Cl. The monoisotopic (exact) mass is 518 g/mol. The molecule has 0 aliphatic carbocycles. The molecule has 4 rings (SSSR count). The van der Waals surface area contributed by atoms with Crippen LogP contribution in [0.25, 0.3) is 6.08 Å². The van der Waals surface area contributed by atoms with Gasteiger partial charge in [-0.1, -0.05) is 48.0 Å². The number of hydrogen-bond donors (Lipinski definition) is 0. The molecule has 1 aromatic carbocycles. The summed E-state index contributed by atoms with van der Waals surface area (Å²) in [5.41, 5.74) is 3.91. The first-order chi connectivity index (χ1) is 17.9. The van der Waals surface area contributed by atoms with Gasteiger partial charge in [0.05, 0.1) is 19.0 Å². The van der Waals surface area contributed by atoms with Crippen molar-refractivity contribution in [3.63, 3.8) is 0 Å². The molecule has 0 spiro atoms. The third kappa shape index (κ3) is 6.03. The predicted octanol–water partition coefficient (Wildman–Crippen LogP) is 4.86. The molecular weight excluding hydrogens is 492 g/mol. The minimum absolute atomic E-state index is 0.0471. The Hall–Kier alpha value is -4.04. The molecule has 0 radical (unpaired) electrons. The number of aliphatic imine (C=N–C) groups is 1. The van der Waals surface area contributed by atoms with Crippen LogP contribution in [0.4, 0.5) is 0 Å². The number of nitrogens with zero attached hydrogens (tertiary/aromatic N) is 4. The Kier molecular flexibility index (Phi) is 8.30. The summed E-state index contributed by atoms with van der Waals surface area (Å²) in [6.45, 7) is 4.23. The lowest BCUT2D eigenvalue weighted by Crippen LogP contribution is -2.36. The van der Waals surface area contributed by atoms with Crippen molar-refractivity contribution in [1.29, 1.82) is 0 Å². The predicted molar refractivity (Wildman–Crippen MR) is 141 cm³/mol. The lowest BCUT2D eigenvalue weighted by molar-refractivity contribution is -0.143. The fraction of sp³-hybridized carbons (Fsp3) is 0.250. The van der Waals surface area contributed by atoms with E-state index < -0.39 is 23.8 Å². The third-order valence-corrected chi connectivity index (χ3v) is 6.47. The summed E-state index contributed by atoms with van der Waals surface area (Å²) < 4.78 is 12.6. The Balaban J connectivity index is 1.48. The maximum atomic E-state index is 13.3. The highest BCUT2D eigenvalue weighted by Gasteiger charge is 2.43. The third-order valence-electron chi connectivity index (χ3n) is 6.15. The van der Waals surface area contributed by atoms with Gasteiger partial charge in [-0.05, 0) is 42.7 Å². The van der Waals surface area contributed by atoms with Crippen LogP contribution >= 0.6 is 11.6 Å². The highest BCUT2D eigenvalue weighted by molar-refractivity contribution is 6.30. The van der Waals surface area contributed by atoms with Gasteiger partial charge in [-0.2, -0.15) is 0 Å². The zero-order valence-electron chi connectivity index (χ0n) is 20.8. The zero-order chi connectivity index (χ0) is 26.4. The molecule has 0 amide bonds. The summed E-state index contributed by atoms with van der Waals surface area (Å²) in [5.74, 6) is -2.65. The number of benzene rings is 1. The van der Waals surface area contributed by atoms with Crippen LogP contribution < -0.4 is 0 Å². The van der Waals surface area contributed by atoms with Crippen LogP contribution in [0, 0.1) is 5.92 Å². The van der Waals surface area contributed by atoms with Crippen molar-refractivity contribution in [2.45, 2.75) is 26.3 Å². The summed E-state index contributed by atoms with van der Waals surface area (Å²) in [7, 11) is 1.30. The number of imidazole rings is 1. The van der Waals surface area contributed by atoms with Gasteiger partial charge >= 0.3 is 11.9 Å². The fourth-order valence-electron chi connectivity index (χ4n) is 4.41. The summed E-state index contributed by atoms with van der Waals surface area (Å²) >= 11 is 6.39. The molecule has 9 heteroatoms. The van der Waals surface area contributed by atoms with E-state index in [1.54, 1.807) is 50.8 Å². The Morgan fingerprint density at radius 1 is 1.14 bits per heavy atom. The molecule has 0 saturated heterocycles. The molecule has 3 heterocycles. The lowest BCUT2D eigenvalue weighted by Gasteiger charge is -2.31. The summed E-state index contributed by atoms with van der Waals surface area (Å²) in [6, 6.07) is 11.5. The van der Waals surface area contributed by atoms with E-state index in [0.717, 1.165) is 17.7 Å². The largest absolute Gasteiger partial charge is 0.468 e.